The first-order chi connectivity index (χ1) is 12.4. The number of carbonyl (C=O) groups excluding carboxylic acids is 2. The number of amides is 2. The van der Waals surface area contributed by atoms with E-state index in [1.165, 1.54) is 0 Å². The Bertz CT molecular complexity index is 838. The van der Waals surface area contributed by atoms with Crippen molar-refractivity contribution in [3.05, 3.63) is 63.8 Å². The summed E-state index contributed by atoms with van der Waals surface area (Å²) >= 11 is 11.9. The minimum atomic E-state index is -0.508. The summed E-state index contributed by atoms with van der Waals surface area (Å²) < 4.78 is 0. The molecule has 0 fully saturated rings. The predicted octanol–water partition coefficient (Wildman–Crippen LogP) is 1.67. The van der Waals surface area contributed by atoms with Gasteiger partial charge in [-0.2, -0.15) is 0 Å². The van der Waals surface area contributed by atoms with Gasteiger partial charge in [-0.3, -0.25) is 9.59 Å². The summed E-state index contributed by atoms with van der Waals surface area (Å²) in [4.78, 5) is 31.2. The van der Waals surface area contributed by atoms with Crippen molar-refractivity contribution in [3.63, 3.8) is 0 Å². The highest BCUT2D eigenvalue weighted by Gasteiger charge is 2.14. The number of benzene rings is 1. The third kappa shape index (κ3) is 5.44. The molecule has 1 aromatic carbocycles. The molecule has 26 heavy (non-hydrogen) atoms. The molecule has 1 aromatic heterocycles. The van der Waals surface area contributed by atoms with Crippen LogP contribution in [0.25, 0.3) is 5.57 Å². The van der Waals surface area contributed by atoms with E-state index in [4.69, 9.17) is 34.7 Å². The van der Waals surface area contributed by atoms with Gasteiger partial charge in [0, 0.05) is 38.0 Å². The largest absolute Gasteiger partial charge is 0.404 e. The highest BCUT2D eigenvalue weighted by molar-refractivity contribution is 6.42. The lowest BCUT2D eigenvalue weighted by Crippen LogP contribution is -2.29. The van der Waals surface area contributed by atoms with Crippen LogP contribution >= 0.6 is 23.2 Å². The van der Waals surface area contributed by atoms with Gasteiger partial charge in [-0.1, -0.05) is 29.3 Å². The van der Waals surface area contributed by atoms with Crippen LogP contribution in [0.5, 0.6) is 0 Å². The summed E-state index contributed by atoms with van der Waals surface area (Å²) in [7, 11) is 0. The Morgan fingerprint density at radius 3 is 2.38 bits per heavy atom. The Hall–Kier alpha value is -2.64. The van der Waals surface area contributed by atoms with Gasteiger partial charge < -0.3 is 16.8 Å². The molecule has 9 heteroatoms. The number of hydrogen-bond acceptors (Lipinski definition) is 5. The molecule has 0 unspecified atom stereocenters. The van der Waals surface area contributed by atoms with E-state index in [1.807, 2.05) is 6.07 Å². The van der Waals surface area contributed by atoms with Crippen molar-refractivity contribution in [3.8, 4) is 0 Å². The molecule has 2 aromatic rings. The number of aromatic nitrogens is 2. The molecular formula is C17H17Cl2N5O2. The second kappa shape index (κ2) is 9.17. The number of primary amides is 1. The minimum absolute atomic E-state index is 0.0348. The van der Waals surface area contributed by atoms with E-state index < -0.39 is 11.8 Å². The number of carbonyl (C=O) groups is 2. The molecule has 0 aliphatic heterocycles. The topological polar surface area (TPSA) is 124 Å². The van der Waals surface area contributed by atoms with Crippen LogP contribution < -0.4 is 16.8 Å². The summed E-state index contributed by atoms with van der Waals surface area (Å²) in [6, 6.07) is 5.36. The second-order valence-corrected chi connectivity index (χ2v) is 6.21. The van der Waals surface area contributed by atoms with E-state index in [9.17, 15) is 9.59 Å². The molecule has 0 saturated heterocycles. The lowest BCUT2D eigenvalue weighted by Gasteiger charge is -2.08. The fourth-order valence-electron chi connectivity index (χ4n) is 2.12. The number of hydrogen-bond donors (Lipinski definition) is 3. The SMILES string of the molecule is N/C=C(/C(=O)NCCC(N)=O)c1ncc(Cc2ccc(Cl)c(Cl)c2)cn1. The van der Waals surface area contributed by atoms with Gasteiger partial charge >= 0.3 is 0 Å². The molecule has 5 N–H and O–H groups in total. The Morgan fingerprint density at radius 1 is 1.12 bits per heavy atom. The number of nitrogens with zero attached hydrogens (tertiary/aromatic N) is 2. The van der Waals surface area contributed by atoms with E-state index in [0.29, 0.717) is 16.5 Å². The third-order valence-electron chi connectivity index (χ3n) is 3.41. The smallest absolute Gasteiger partial charge is 0.256 e. The number of nitrogens with one attached hydrogen (secondary N) is 1. The summed E-state index contributed by atoms with van der Waals surface area (Å²) in [5.74, 6) is -0.806. The summed E-state index contributed by atoms with van der Waals surface area (Å²) in [6.45, 7) is 0.112. The first kappa shape index (κ1) is 19.7. The molecule has 0 bridgehead atoms. The van der Waals surface area contributed by atoms with Crippen LogP contribution in [0.3, 0.4) is 0 Å². The molecule has 0 spiro atoms. The van der Waals surface area contributed by atoms with Crippen molar-refractivity contribution in [2.45, 2.75) is 12.8 Å². The van der Waals surface area contributed by atoms with Gasteiger partial charge in [-0.15, -0.1) is 0 Å². The normalized spacial score (nSPS) is 11.2. The van der Waals surface area contributed by atoms with Crippen LogP contribution in [0.1, 0.15) is 23.4 Å². The molecular weight excluding hydrogens is 377 g/mol. The lowest BCUT2D eigenvalue weighted by molar-refractivity contribution is -0.118. The van der Waals surface area contributed by atoms with Crippen LogP contribution in [0.2, 0.25) is 10.0 Å². The van der Waals surface area contributed by atoms with Crippen LogP contribution in [-0.2, 0) is 16.0 Å². The predicted molar refractivity (Wildman–Crippen MR) is 100 cm³/mol. The Morgan fingerprint density at radius 2 is 1.81 bits per heavy atom. The highest BCUT2D eigenvalue weighted by Crippen LogP contribution is 2.23. The minimum Gasteiger partial charge on any atom is -0.404 e. The summed E-state index contributed by atoms with van der Waals surface area (Å²) in [6.07, 6.45) is 4.92. The van der Waals surface area contributed by atoms with Crippen LogP contribution in [-0.4, -0.2) is 28.3 Å². The molecule has 7 nitrogen and oxygen atoms in total. The quantitative estimate of drug-likeness (QED) is 0.617. The van der Waals surface area contributed by atoms with E-state index in [0.717, 1.165) is 17.3 Å². The Labute approximate surface area is 160 Å². The lowest BCUT2D eigenvalue weighted by atomic mass is 10.1. The average molecular weight is 394 g/mol. The average Bonchev–Trinajstić information content (AvgIpc) is 2.60. The first-order valence-corrected chi connectivity index (χ1v) is 8.40. The van der Waals surface area contributed by atoms with E-state index in [2.05, 4.69) is 15.3 Å². The van der Waals surface area contributed by atoms with Gasteiger partial charge in [-0.25, -0.2) is 9.97 Å². The van der Waals surface area contributed by atoms with Crippen LogP contribution in [0.15, 0.2) is 36.8 Å². The van der Waals surface area contributed by atoms with Crippen LogP contribution in [0.4, 0.5) is 0 Å². The van der Waals surface area contributed by atoms with E-state index in [1.54, 1.807) is 24.5 Å². The van der Waals surface area contributed by atoms with Crippen LogP contribution in [0, 0.1) is 0 Å². The third-order valence-corrected chi connectivity index (χ3v) is 4.15. The molecule has 0 aliphatic rings. The second-order valence-electron chi connectivity index (χ2n) is 5.39. The zero-order valence-corrected chi connectivity index (χ0v) is 15.2. The molecule has 0 atom stereocenters. The molecule has 0 saturated carbocycles. The fraction of sp³-hybridized carbons (Fsp3) is 0.176. The highest BCUT2D eigenvalue weighted by atomic mass is 35.5. The van der Waals surface area contributed by atoms with E-state index in [-0.39, 0.29) is 24.4 Å². The maximum atomic E-state index is 12.1. The zero-order valence-electron chi connectivity index (χ0n) is 13.7. The van der Waals surface area contributed by atoms with Gasteiger partial charge in [0.05, 0.1) is 15.6 Å². The summed E-state index contributed by atoms with van der Waals surface area (Å²) in [5.41, 5.74) is 12.4. The molecule has 136 valence electrons. The standard InChI is InChI=1S/C17H17Cl2N5O2/c18-13-2-1-10(6-14(13)19)5-11-8-23-16(24-9-11)12(7-20)17(26)22-4-3-15(21)25/h1-2,6-9H,3-5,20H2,(H2,21,25)(H,22,26)/b12-7+. The van der Waals surface area contributed by atoms with E-state index >= 15 is 0 Å². The Balaban J connectivity index is 2.05. The van der Waals surface area contributed by atoms with Crippen molar-refractivity contribution in [2.75, 3.05) is 6.54 Å². The monoisotopic (exact) mass is 393 g/mol. The van der Waals surface area contributed by atoms with Crippen molar-refractivity contribution in [1.82, 2.24) is 15.3 Å². The Kier molecular flexibility index (Phi) is 6.94. The fourth-order valence-corrected chi connectivity index (χ4v) is 2.44. The number of halogens is 2. The zero-order chi connectivity index (χ0) is 19.1. The molecule has 0 radical (unpaired) electrons. The molecule has 1 heterocycles. The molecule has 0 aliphatic carbocycles. The maximum Gasteiger partial charge on any atom is 0.256 e. The number of rotatable bonds is 7. The van der Waals surface area contributed by atoms with Gasteiger partial charge in [0.2, 0.25) is 5.91 Å². The summed E-state index contributed by atoms with van der Waals surface area (Å²) in [5, 5.41) is 3.50. The van der Waals surface area contributed by atoms with Crippen molar-refractivity contribution in [1.29, 1.82) is 0 Å². The molecule has 2 amide bonds. The number of nitrogens with two attached hydrogens (primary N) is 2. The maximum absolute atomic E-state index is 12.1. The van der Waals surface area contributed by atoms with Crippen molar-refractivity contribution < 1.29 is 9.59 Å². The van der Waals surface area contributed by atoms with Crippen molar-refractivity contribution in [2.24, 2.45) is 11.5 Å². The van der Waals surface area contributed by atoms with Gasteiger partial charge in [0.15, 0.2) is 5.82 Å². The van der Waals surface area contributed by atoms with Crippen molar-refractivity contribution >= 4 is 40.6 Å². The van der Waals surface area contributed by atoms with Gasteiger partial charge in [0.25, 0.3) is 5.91 Å². The molecule has 2 rings (SSSR count). The van der Waals surface area contributed by atoms with Gasteiger partial charge in [0.1, 0.15) is 0 Å². The van der Waals surface area contributed by atoms with Gasteiger partial charge in [-0.05, 0) is 23.3 Å². The first-order valence-electron chi connectivity index (χ1n) is 7.64.